The molecule has 2 rings (SSSR count). The van der Waals surface area contributed by atoms with Crippen molar-refractivity contribution in [2.75, 3.05) is 11.1 Å². The Morgan fingerprint density at radius 2 is 2.11 bits per heavy atom. The fourth-order valence-electron chi connectivity index (χ4n) is 1.62. The number of nitrogen functional groups attached to an aromatic ring is 1. The molecule has 0 saturated carbocycles. The molecule has 3 N–H and O–H groups in total. The number of hydrogen-bond acceptors (Lipinski definition) is 6. The van der Waals surface area contributed by atoms with E-state index in [1.165, 1.54) is 11.9 Å². The van der Waals surface area contributed by atoms with Gasteiger partial charge >= 0.3 is 0 Å². The molecular weight excluding hydrogens is 260 g/mol. The maximum Gasteiger partial charge on any atom is 0.242 e. The number of thiophene rings is 1. The van der Waals surface area contributed by atoms with Crippen LogP contribution in [0.3, 0.4) is 0 Å². The van der Waals surface area contributed by atoms with E-state index >= 15 is 0 Å². The van der Waals surface area contributed by atoms with Crippen LogP contribution in [0.2, 0.25) is 0 Å². The van der Waals surface area contributed by atoms with E-state index < -0.39 is 0 Å². The van der Waals surface area contributed by atoms with Gasteiger partial charge in [0.25, 0.3) is 0 Å². The van der Waals surface area contributed by atoms with Crippen LogP contribution in [0.5, 0.6) is 5.88 Å². The molecule has 0 fully saturated rings. The standard InChI is InChI=1S/C13H18N4OS/c1-8(2)18-13-11(14)12(15-7-16-13)17-9(3)10-4-5-19-6-10/h4-9H,14H2,1-3H3,(H,15,16,17). The third-order valence-electron chi connectivity index (χ3n) is 2.59. The fourth-order valence-corrected chi connectivity index (χ4v) is 2.38. The summed E-state index contributed by atoms with van der Waals surface area (Å²) < 4.78 is 5.54. The van der Waals surface area contributed by atoms with Crippen molar-refractivity contribution in [2.45, 2.75) is 32.9 Å². The number of rotatable bonds is 5. The van der Waals surface area contributed by atoms with Gasteiger partial charge in [-0.25, -0.2) is 4.98 Å². The molecule has 0 amide bonds. The number of anilines is 2. The Balaban J connectivity index is 2.16. The number of nitrogens with two attached hydrogens (primary N) is 1. The largest absolute Gasteiger partial charge is 0.473 e. The smallest absolute Gasteiger partial charge is 0.242 e. The summed E-state index contributed by atoms with van der Waals surface area (Å²) in [5.74, 6) is 1.02. The van der Waals surface area contributed by atoms with Gasteiger partial charge in [0.15, 0.2) is 5.82 Å². The normalized spacial score (nSPS) is 12.4. The van der Waals surface area contributed by atoms with Crippen molar-refractivity contribution in [1.82, 2.24) is 9.97 Å². The molecule has 2 heterocycles. The van der Waals surface area contributed by atoms with Gasteiger partial charge in [0.2, 0.25) is 5.88 Å². The summed E-state index contributed by atoms with van der Waals surface area (Å²) in [5, 5.41) is 7.42. The van der Waals surface area contributed by atoms with Crippen molar-refractivity contribution >= 4 is 22.8 Å². The van der Waals surface area contributed by atoms with Crippen molar-refractivity contribution in [3.05, 3.63) is 28.7 Å². The topological polar surface area (TPSA) is 73.1 Å². The fraction of sp³-hybridized carbons (Fsp3) is 0.385. The van der Waals surface area contributed by atoms with Crippen LogP contribution in [0.25, 0.3) is 0 Å². The van der Waals surface area contributed by atoms with Crippen molar-refractivity contribution in [3.8, 4) is 5.88 Å². The monoisotopic (exact) mass is 278 g/mol. The zero-order chi connectivity index (χ0) is 13.8. The first-order chi connectivity index (χ1) is 9.08. The molecule has 0 aromatic carbocycles. The van der Waals surface area contributed by atoms with Gasteiger partial charge in [-0.15, -0.1) is 0 Å². The lowest BCUT2D eigenvalue weighted by molar-refractivity contribution is 0.234. The van der Waals surface area contributed by atoms with E-state index in [2.05, 4.69) is 33.7 Å². The van der Waals surface area contributed by atoms with Crippen LogP contribution in [-0.4, -0.2) is 16.1 Å². The number of nitrogens with one attached hydrogen (secondary N) is 1. The van der Waals surface area contributed by atoms with E-state index in [1.807, 2.05) is 19.2 Å². The van der Waals surface area contributed by atoms with E-state index in [0.29, 0.717) is 17.4 Å². The molecule has 0 aliphatic rings. The molecule has 6 heteroatoms. The first-order valence-electron chi connectivity index (χ1n) is 6.13. The van der Waals surface area contributed by atoms with Crippen LogP contribution in [0, 0.1) is 0 Å². The Morgan fingerprint density at radius 3 is 2.74 bits per heavy atom. The molecule has 0 radical (unpaired) electrons. The Morgan fingerprint density at radius 1 is 1.32 bits per heavy atom. The zero-order valence-corrected chi connectivity index (χ0v) is 12.1. The summed E-state index contributed by atoms with van der Waals surface area (Å²) in [6.45, 7) is 5.93. The lowest BCUT2D eigenvalue weighted by Gasteiger charge is -2.17. The summed E-state index contributed by atoms with van der Waals surface area (Å²) in [5.41, 5.74) is 7.67. The van der Waals surface area contributed by atoms with Crippen LogP contribution in [0.15, 0.2) is 23.2 Å². The first-order valence-corrected chi connectivity index (χ1v) is 7.08. The zero-order valence-electron chi connectivity index (χ0n) is 11.3. The summed E-state index contributed by atoms with van der Waals surface area (Å²) in [7, 11) is 0. The Labute approximate surface area is 116 Å². The molecule has 0 saturated heterocycles. The Bertz CT molecular complexity index is 527. The molecule has 2 aromatic heterocycles. The molecule has 0 aliphatic heterocycles. The molecular formula is C13H18N4OS. The van der Waals surface area contributed by atoms with Gasteiger partial charge in [0.1, 0.15) is 12.0 Å². The molecule has 102 valence electrons. The minimum Gasteiger partial charge on any atom is -0.473 e. The second-order valence-electron chi connectivity index (χ2n) is 4.53. The predicted octanol–water partition coefficient (Wildman–Crippen LogP) is 3.08. The lowest BCUT2D eigenvalue weighted by Crippen LogP contribution is -2.13. The second-order valence-corrected chi connectivity index (χ2v) is 5.31. The third kappa shape index (κ3) is 3.35. The minimum atomic E-state index is 0.0272. The highest BCUT2D eigenvalue weighted by atomic mass is 32.1. The second kappa shape index (κ2) is 5.88. The maximum absolute atomic E-state index is 6.02. The number of hydrogen-bond donors (Lipinski definition) is 2. The molecule has 2 aromatic rings. The SMILES string of the molecule is CC(C)Oc1ncnc(NC(C)c2ccsc2)c1N. The summed E-state index contributed by atoms with van der Waals surface area (Å²) in [6.07, 6.45) is 1.48. The minimum absolute atomic E-state index is 0.0272. The highest BCUT2D eigenvalue weighted by Crippen LogP contribution is 2.28. The van der Waals surface area contributed by atoms with E-state index in [1.54, 1.807) is 11.3 Å². The highest BCUT2D eigenvalue weighted by molar-refractivity contribution is 7.07. The Kier molecular flexibility index (Phi) is 4.21. The maximum atomic E-state index is 6.02. The van der Waals surface area contributed by atoms with Crippen LogP contribution < -0.4 is 15.8 Å². The molecule has 1 unspecified atom stereocenters. The number of aromatic nitrogens is 2. The Hall–Kier alpha value is -1.82. The quantitative estimate of drug-likeness (QED) is 0.879. The summed E-state index contributed by atoms with van der Waals surface area (Å²) in [4.78, 5) is 8.23. The number of nitrogens with zero attached hydrogens (tertiary/aromatic N) is 2. The van der Waals surface area contributed by atoms with Crippen LogP contribution in [-0.2, 0) is 0 Å². The average Bonchev–Trinajstić information content (AvgIpc) is 2.87. The molecule has 0 aliphatic carbocycles. The molecule has 0 spiro atoms. The van der Waals surface area contributed by atoms with Gasteiger partial charge in [-0.05, 0) is 43.2 Å². The molecule has 1 atom stereocenters. The van der Waals surface area contributed by atoms with E-state index in [4.69, 9.17) is 10.5 Å². The van der Waals surface area contributed by atoms with Gasteiger partial charge < -0.3 is 15.8 Å². The van der Waals surface area contributed by atoms with Gasteiger partial charge in [-0.1, -0.05) is 0 Å². The average molecular weight is 278 g/mol. The van der Waals surface area contributed by atoms with Crippen LogP contribution in [0.4, 0.5) is 11.5 Å². The van der Waals surface area contributed by atoms with Crippen molar-refractivity contribution in [2.24, 2.45) is 0 Å². The third-order valence-corrected chi connectivity index (χ3v) is 3.29. The van der Waals surface area contributed by atoms with Crippen molar-refractivity contribution in [3.63, 3.8) is 0 Å². The predicted molar refractivity (Wildman–Crippen MR) is 78.6 cm³/mol. The lowest BCUT2D eigenvalue weighted by atomic mass is 10.2. The molecule has 19 heavy (non-hydrogen) atoms. The van der Waals surface area contributed by atoms with E-state index in [9.17, 15) is 0 Å². The van der Waals surface area contributed by atoms with Gasteiger partial charge in [-0.2, -0.15) is 16.3 Å². The summed E-state index contributed by atoms with van der Waals surface area (Å²) in [6, 6.07) is 2.21. The van der Waals surface area contributed by atoms with Gasteiger partial charge in [0.05, 0.1) is 12.1 Å². The van der Waals surface area contributed by atoms with Crippen molar-refractivity contribution in [1.29, 1.82) is 0 Å². The van der Waals surface area contributed by atoms with Gasteiger partial charge in [-0.3, -0.25) is 0 Å². The molecule has 5 nitrogen and oxygen atoms in total. The van der Waals surface area contributed by atoms with Crippen LogP contribution in [0.1, 0.15) is 32.4 Å². The highest BCUT2D eigenvalue weighted by Gasteiger charge is 2.13. The van der Waals surface area contributed by atoms with E-state index in [0.717, 1.165) is 0 Å². The number of ether oxygens (including phenoxy) is 1. The molecule has 0 bridgehead atoms. The summed E-state index contributed by atoms with van der Waals surface area (Å²) >= 11 is 1.67. The van der Waals surface area contributed by atoms with Crippen LogP contribution >= 0.6 is 11.3 Å². The first kappa shape index (κ1) is 13.6. The van der Waals surface area contributed by atoms with E-state index in [-0.39, 0.29) is 12.1 Å². The van der Waals surface area contributed by atoms with Gasteiger partial charge in [0, 0.05) is 0 Å². The van der Waals surface area contributed by atoms with Crippen molar-refractivity contribution < 1.29 is 4.74 Å².